The van der Waals surface area contributed by atoms with Crippen LogP contribution in [-0.2, 0) is 20.7 Å². The molecule has 2 atom stereocenters. The second-order valence-electron chi connectivity index (χ2n) is 8.49. The Hall–Kier alpha value is -3.43. The number of amides is 1. The highest BCUT2D eigenvalue weighted by atomic mass is 35.5. The van der Waals surface area contributed by atoms with Gasteiger partial charge in [-0.2, -0.15) is 0 Å². The van der Waals surface area contributed by atoms with E-state index in [-0.39, 0.29) is 37.2 Å². The predicted molar refractivity (Wildman–Crippen MR) is 132 cm³/mol. The van der Waals surface area contributed by atoms with E-state index in [1.54, 1.807) is 23.4 Å². The van der Waals surface area contributed by atoms with Gasteiger partial charge in [0.2, 0.25) is 18.6 Å². The van der Waals surface area contributed by atoms with Gasteiger partial charge in [0, 0.05) is 37.6 Å². The largest absolute Gasteiger partial charge is 0.462 e. The van der Waals surface area contributed by atoms with Crippen LogP contribution in [0, 0.1) is 6.92 Å². The molecule has 9 nitrogen and oxygen atoms in total. The number of imidazole rings is 1. The van der Waals surface area contributed by atoms with Crippen LogP contribution in [0.2, 0.25) is 0 Å². The van der Waals surface area contributed by atoms with Crippen LogP contribution in [0.5, 0.6) is 0 Å². The Morgan fingerprint density at radius 2 is 2.09 bits per heavy atom. The van der Waals surface area contributed by atoms with Gasteiger partial charge in [-0.15, -0.1) is 12.4 Å². The van der Waals surface area contributed by atoms with Crippen LogP contribution >= 0.6 is 12.4 Å². The van der Waals surface area contributed by atoms with Gasteiger partial charge in [0.1, 0.15) is 12.6 Å². The number of nitrogens with zero attached hydrogens (tertiary/aromatic N) is 5. The second-order valence-corrected chi connectivity index (χ2v) is 8.49. The van der Waals surface area contributed by atoms with E-state index in [1.165, 1.54) is 5.56 Å². The molecule has 2 aromatic heterocycles. The standard InChI is InChI=1S/C25H28N6O3.ClH/c1-18-13-20(29-25(28-18)30-11-9-26-16-30)22-7-8-24(32)31(22)12-10-27-21(23-15-33-17-34-23)14-19-5-3-2-4-6-19;/h2-6,9,11,13,15-16,21-22,27H,7-8,10,12,14,17H2,1H3;1H. The number of halogens is 1. The molecule has 0 bridgehead atoms. The number of likely N-dealkylation sites (tertiary alicyclic amines) is 1. The maximum atomic E-state index is 12.8. The van der Waals surface area contributed by atoms with Gasteiger partial charge in [0.05, 0.1) is 17.8 Å². The summed E-state index contributed by atoms with van der Waals surface area (Å²) in [4.78, 5) is 28.1. The van der Waals surface area contributed by atoms with E-state index < -0.39 is 0 Å². The topological polar surface area (TPSA) is 94.4 Å². The van der Waals surface area contributed by atoms with Gasteiger partial charge < -0.3 is 19.7 Å². The molecule has 2 aliphatic rings. The first-order valence-electron chi connectivity index (χ1n) is 11.5. The normalized spacial score (nSPS) is 18.0. The molecule has 5 rings (SSSR count). The van der Waals surface area contributed by atoms with Crippen LogP contribution in [0.25, 0.3) is 5.95 Å². The number of ether oxygens (including phenoxy) is 2. The molecule has 10 heteroatoms. The highest BCUT2D eigenvalue weighted by Crippen LogP contribution is 2.32. The molecule has 1 amide bonds. The van der Waals surface area contributed by atoms with Gasteiger partial charge in [0.25, 0.3) is 0 Å². The van der Waals surface area contributed by atoms with Crippen LogP contribution in [0.15, 0.2) is 67.1 Å². The highest BCUT2D eigenvalue weighted by Gasteiger charge is 2.33. The van der Waals surface area contributed by atoms with Crippen molar-refractivity contribution in [3.8, 4) is 5.95 Å². The molecule has 3 aromatic rings. The minimum Gasteiger partial charge on any atom is -0.462 e. The van der Waals surface area contributed by atoms with Crippen molar-refractivity contribution in [2.45, 2.75) is 38.3 Å². The number of nitrogens with one attached hydrogen (secondary N) is 1. The lowest BCUT2D eigenvalue weighted by Crippen LogP contribution is -2.40. The van der Waals surface area contributed by atoms with Crippen molar-refractivity contribution in [3.05, 3.63) is 84.1 Å². The number of aromatic nitrogens is 4. The fourth-order valence-corrected chi connectivity index (χ4v) is 4.48. The van der Waals surface area contributed by atoms with E-state index in [0.29, 0.717) is 25.5 Å². The Morgan fingerprint density at radius 3 is 2.83 bits per heavy atom. The van der Waals surface area contributed by atoms with E-state index in [4.69, 9.17) is 14.5 Å². The summed E-state index contributed by atoms with van der Waals surface area (Å²) < 4.78 is 12.7. The molecule has 0 aliphatic carbocycles. The van der Waals surface area contributed by atoms with Gasteiger partial charge in [-0.25, -0.2) is 15.0 Å². The number of carbonyl (C=O) groups is 1. The zero-order valence-corrected chi connectivity index (χ0v) is 20.4. The minimum absolute atomic E-state index is 0. The summed E-state index contributed by atoms with van der Waals surface area (Å²) in [5.41, 5.74) is 2.92. The Morgan fingerprint density at radius 1 is 1.23 bits per heavy atom. The smallest absolute Gasteiger partial charge is 0.235 e. The first-order chi connectivity index (χ1) is 16.7. The molecule has 2 unspecified atom stereocenters. The molecule has 35 heavy (non-hydrogen) atoms. The van der Waals surface area contributed by atoms with Gasteiger partial charge >= 0.3 is 0 Å². The van der Waals surface area contributed by atoms with Gasteiger partial charge in [-0.1, -0.05) is 30.3 Å². The van der Waals surface area contributed by atoms with E-state index >= 15 is 0 Å². The zero-order valence-electron chi connectivity index (χ0n) is 19.5. The van der Waals surface area contributed by atoms with Crippen LogP contribution in [0.1, 0.15) is 35.8 Å². The zero-order chi connectivity index (χ0) is 23.3. The average molecular weight is 497 g/mol. The van der Waals surface area contributed by atoms with E-state index in [9.17, 15) is 4.79 Å². The number of hydrogen-bond donors (Lipinski definition) is 1. The molecule has 0 radical (unpaired) electrons. The monoisotopic (exact) mass is 496 g/mol. The molecular weight excluding hydrogens is 468 g/mol. The van der Waals surface area contributed by atoms with E-state index in [0.717, 1.165) is 30.0 Å². The molecule has 0 spiro atoms. The lowest BCUT2D eigenvalue weighted by Gasteiger charge is -2.26. The number of hydrogen-bond acceptors (Lipinski definition) is 7. The Kier molecular flexibility index (Phi) is 7.99. The highest BCUT2D eigenvalue weighted by molar-refractivity contribution is 5.85. The molecule has 184 valence electrons. The molecule has 1 fully saturated rings. The second kappa shape index (κ2) is 11.3. The average Bonchev–Trinajstić information content (AvgIpc) is 3.62. The molecule has 1 N–H and O–H groups in total. The summed E-state index contributed by atoms with van der Waals surface area (Å²) in [7, 11) is 0. The number of benzene rings is 1. The summed E-state index contributed by atoms with van der Waals surface area (Å²) in [6.07, 6.45) is 8.89. The number of aryl methyl sites for hydroxylation is 1. The molecule has 2 aliphatic heterocycles. The molecular formula is C25H29ClN6O3. The summed E-state index contributed by atoms with van der Waals surface area (Å²) in [5, 5.41) is 3.56. The SMILES string of the molecule is Cc1cc(C2CCC(=O)N2CCNC(Cc2ccccc2)C2=COCO2)nc(-n2ccnc2)n1.Cl. The van der Waals surface area contributed by atoms with Crippen LogP contribution in [-0.4, -0.2) is 56.3 Å². The lowest BCUT2D eigenvalue weighted by atomic mass is 10.0. The first kappa shape index (κ1) is 24.7. The minimum atomic E-state index is -0.0730. The fourth-order valence-electron chi connectivity index (χ4n) is 4.48. The molecule has 4 heterocycles. The summed E-state index contributed by atoms with van der Waals surface area (Å²) >= 11 is 0. The maximum absolute atomic E-state index is 12.8. The van der Waals surface area contributed by atoms with Gasteiger partial charge in [-0.05, 0) is 31.4 Å². The van der Waals surface area contributed by atoms with Crippen molar-refractivity contribution < 1.29 is 14.3 Å². The van der Waals surface area contributed by atoms with Crippen LogP contribution < -0.4 is 5.32 Å². The van der Waals surface area contributed by atoms with Gasteiger partial charge in [-0.3, -0.25) is 9.36 Å². The molecule has 1 aromatic carbocycles. The predicted octanol–water partition coefficient (Wildman–Crippen LogP) is 3.10. The van der Waals surface area contributed by atoms with Crippen molar-refractivity contribution in [1.29, 1.82) is 0 Å². The van der Waals surface area contributed by atoms with Crippen molar-refractivity contribution >= 4 is 18.3 Å². The third-order valence-corrected chi connectivity index (χ3v) is 6.13. The molecule has 1 saturated heterocycles. The van der Waals surface area contributed by atoms with E-state index in [2.05, 4.69) is 27.4 Å². The Bertz CT molecular complexity index is 1160. The van der Waals surface area contributed by atoms with Gasteiger partial charge in [0.15, 0.2) is 5.76 Å². The van der Waals surface area contributed by atoms with Crippen molar-refractivity contribution in [2.24, 2.45) is 0 Å². The Balaban J connectivity index is 0.00000289. The number of carbonyl (C=O) groups excluding carboxylic acids is 1. The maximum Gasteiger partial charge on any atom is 0.235 e. The summed E-state index contributed by atoms with van der Waals surface area (Å²) in [6.45, 7) is 3.38. The third-order valence-electron chi connectivity index (χ3n) is 6.13. The quantitative estimate of drug-likeness (QED) is 0.486. The van der Waals surface area contributed by atoms with Crippen molar-refractivity contribution in [1.82, 2.24) is 29.7 Å². The van der Waals surface area contributed by atoms with E-state index in [1.807, 2.05) is 42.3 Å². The number of rotatable bonds is 9. The fraction of sp³-hybridized carbons (Fsp3) is 0.360. The van der Waals surface area contributed by atoms with Crippen LogP contribution in [0.3, 0.4) is 0 Å². The lowest BCUT2D eigenvalue weighted by molar-refractivity contribution is -0.129. The Labute approximate surface area is 210 Å². The van der Waals surface area contributed by atoms with Crippen LogP contribution in [0.4, 0.5) is 0 Å². The summed E-state index contributed by atoms with van der Waals surface area (Å²) in [6, 6.07) is 12.1. The van der Waals surface area contributed by atoms with Crippen molar-refractivity contribution in [3.63, 3.8) is 0 Å². The van der Waals surface area contributed by atoms with Crippen molar-refractivity contribution in [2.75, 3.05) is 19.9 Å². The summed E-state index contributed by atoms with van der Waals surface area (Å²) in [5.74, 6) is 1.49. The molecule has 0 saturated carbocycles. The third kappa shape index (κ3) is 5.80. The first-order valence-corrected chi connectivity index (χ1v) is 11.5.